The summed E-state index contributed by atoms with van der Waals surface area (Å²) in [5, 5.41) is 12.2. The molecule has 1 N–H and O–H groups in total. The lowest BCUT2D eigenvalue weighted by Crippen LogP contribution is -2.44. The van der Waals surface area contributed by atoms with Crippen molar-refractivity contribution in [1.29, 1.82) is 0 Å². The molecule has 12 heteroatoms. The number of carbonyl (C=O) groups is 1. The number of carbonyl (C=O) groups excluding carboxylic acids is 1. The smallest absolute Gasteiger partial charge is 0.343 e. The third kappa shape index (κ3) is 4.24. The minimum absolute atomic E-state index is 0. The van der Waals surface area contributed by atoms with Crippen LogP contribution < -0.4 is 15.0 Å². The summed E-state index contributed by atoms with van der Waals surface area (Å²) < 4.78 is 18.7. The van der Waals surface area contributed by atoms with Crippen LogP contribution in [-0.4, -0.2) is 76.9 Å². The third-order valence-corrected chi connectivity index (χ3v) is 8.45. The van der Waals surface area contributed by atoms with E-state index in [0.717, 1.165) is 54.8 Å². The van der Waals surface area contributed by atoms with Gasteiger partial charge in [-0.05, 0) is 31.2 Å². The van der Waals surface area contributed by atoms with Crippen molar-refractivity contribution in [2.75, 3.05) is 46.4 Å². The van der Waals surface area contributed by atoms with Crippen LogP contribution in [0.1, 0.15) is 35.6 Å². The van der Waals surface area contributed by atoms with Crippen LogP contribution in [0.25, 0.3) is 22.3 Å². The van der Waals surface area contributed by atoms with E-state index >= 15 is 0 Å². The van der Waals surface area contributed by atoms with Crippen molar-refractivity contribution in [2.24, 2.45) is 0 Å². The molecule has 0 saturated carbocycles. The monoisotopic (exact) mass is 590 g/mol. The molecule has 1 atom stereocenters. The molecule has 1 aromatic carbocycles. The molecule has 40 heavy (non-hydrogen) atoms. The fourth-order valence-corrected chi connectivity index (χ4v) is 6.11. The Morgan fingerprint density at radius 1 is 0.975 bits per heavy atom. The Morgan fingerprint density at radius 3 is 2.38 bits per heavy atom. The first-order valence-corrected chi connectivity index (χ1v) is 13.2. The van der Waals surface area contributed by atoms with Gasteiger partial charge in [0.15, 0.2) is 17.1 Å². The van der Waals surface area contributed by atoms with Gasteiger partial charge in [-0.15, -0.1) is 24.8 Å². The zero-order chi connectivity index (χ0) is 26.2. The van der Waals surface area contributed by atoms with E-state index in [9.17, 15) is 14.7 Å². The Hall–Kier alpha value is -2.89. The van der Waals surface area contributed by atoms with Crippen LogP contribution in [0.2, 0.25) is 0 Å². The number of halogens is 2. The minimum atomic E-state index is -1.85. The van der Waals surface area contributed by atoms with Gasteiger partial charge >= 0.3 is 5.97 Å². The molecule has 4 aliphatic rings. The molecule has 1 saturated heterocycles. The summed E-state index contributed by atoms with van der Waals surface area (Å²) >= 11 is 0. The summed E-state index contributed by atoms with van der Waals surface area (Å²) in [7, 11) is 2.14. The van der Waals surface area contributed by atoms with Gasteiger partial charge in [0.25, 0.3) is 5.56 Å². The van der Waals surface area contributed by atoms with E-state index < -0.39 is 11.6 Å². The van der Waals surface area contributed by atoms with Crippen LogP contribution in [0, 0.1) is 0 Å². The number of aromatic nitrogens is 2. The molecule has 6 heterocycles. The average molecular weight is 591 g/mol. The van der Waals surface area contributed by atoms with E-state index in [4.69, 9.17) is 19.2 Å². The molecule has 10 nitrogen and oxygen atoms in total. The highest BCUT2D eigenvalue weighted by Crippen LogP contribution is 2.43. The molecule has 214 valence electrons. The van der Waals surface area contributed by atoms with Gasteiger partial charge in [-0.3, -0.25) is 9.69 Å². The number of hydrogen-bond acceptors (Lipinski definition) is 9. The van der Waals surface area contributed by atoms with E-state index in [1.807, 2.05) is 12.1 Å². The van der Waals surface area contributed by atoms with Gasteiger partial charge in [0.2, 0.25) is 0 Å². The van der Waals surface area contributed by atoms with Gasteiger partial charge in [-0.2, -0.15) is 0 Å². The molecule has 1 fully saturated rings. The normalized spacial score (nSPS) is 21.5. The van der Waals surface area contributed by atoms with Crippen LogP contribution in [0.5, 0.6) is 11.5 Å². The first-order valence-electron chi connectivity index (χ1n) is 13.2. The predicted octanol–water partition coefficient (Wildman–Crippen LogP) is 2.44. The van der Waals surface area contributed by atoms with Crippen LogP contribution in [0.15, 0.2) is 23.0 Å². The Morgan fingerprint density at radius 2 is 1.68 bits per heavy atom. The number of nitrogens with zero attached hydrogens (tertiary/aromatic N) is 4. The van der Waals surface area contributed by atoms with E-state index in [2.05, 4.69) is 16.8 Å². The van der Waals surface area contributed by atoms with Crippen LogP contribution in [-0.2, 0) is 34.8 Å². The maximum atomic E-state index is 13.7. The third-order valence-electron chi connectivity index (χ3n) is 8.45. The standard InChI is InChI=1S/C28H30N4O6.2ClH/c1-3-28(35)20-11-22-25-18(14-32(22)26(33)19(20)15-38-27(28)34)17(13-31-6-4-30(2)5-7-31)16-10-23-24(12-21(16)29-25)37-9-8-36-23;;/h10-12,35H,3-9,13-15H2,1-2H3;2*1H. The van der Waals surface area contributed by atoms with Crippen molar-refractivity contribution in [3.63, 3.8) is 0 Å². The Labute approximate surface area is 243 Å². The number of rotatable bonds is 3. The Kier molecular flexibility index (Phi) is 7.52. The van der Waals surface area contributed by atoms with Crippen molar-refractivity contribution < 1.29 is 24.1 Å². The first-order chi connectivity index (χ1) is 18.4. The van der Waals surface area contributed by atoms with Crippen LogP contribution in [0.3, 0.4) is 0 Å². The first kappa shape index (κ1) is 28.6. The van der Waals surface area contributed by atoms with Gasteiger partial charge in [-0.1, -0.05) is 6.92 Å². The number of piperazine rings is 1. The molecule has 4 aliphatic heterocycles. The molecular weight excluding hydrogens is 559 g/mol. The van der Waals surface area contributed by atoms with Crippen molar-refractivity contribution in [3.05, 3.63) is 50.8 Å². The quantitative estimate of drug-likeness (QED) is 0.360. The number of esters is 1. The zero-order valence-corrected chi connectivity index (χ0v) is 24.0. The fourth-order valence-electron chi connectivity index (χ4n) is 6.11. The highest BCUT2D eigenvalue weighted by atomic mass is 35.5. The summed E-state index contributed by atoms with van der Waals surface area (Å²) in [6.45, 7) is 7.52. The van der Waals surface area contributed by atoms with Crippen molar-refractivity contribution in [3.8, 4) is 22.9 Å². The summed E-state index contributed by atoms with van der Waals surface area (Å²) in [4.78, 5) is 36.0. The molecule has 3 aromatic rings. The lowest BCUT2D eigenvalue weighted by Gasteiger charge is -2.33. The average Bonchev–Trinajstić information content (AvgIpc) is 3.30. The summed E-state index contributed by atoms with van der Waals surface area (Å²) in [5.41, 5.74) is 2.73. The minimum Gasteiger partial charge on any atom is -0.486 e. The molecular formula is C28H32Cl2N4O6. The number of fused-ring (bicyclic) bond motifs is 6. The molecule has 0 aliphatic carbocycles. The maximum absolute atomic E-state index is 13.7. The van der Waals surface area contributed by atoms with Gasteiger partial charge < -0.3 is 28.8 Å². The predicted molar refractivity (Wildman–Crippen MR) is 153 cm³/mol. The van der Waals surface area contributed by atoms with E-state index in [-0.39, 0.29) is 43.4 Å². The molecule has 7 rings (SSSR count). The number of likely N-dealkylation sites (N-methyl/N-ethyl adjacent to an activating group) is 1. The van der Waals surface area contributed by atoms with Gasteiger partial charge in [-0.25, -0.2) is 9.78 Å². The molecule has 0 radical (unpaired) electrons. The molecule has 0 spiro atoms. The van der Waals surface area contributed by atoms with Crippen molar-refractivity contribution >= 4 is 41.7 Å². The van der Waals surface area contributed by atoms with E-state index in [1.165, 1.54) is 0 Å². The van der Waals surface area contributed by atoms with E-state index in [0.29, 0.717) is 53.8 Å². The molecule has 0 bridgehead atoms. The van der Waals surface area contributed by atoms with E-state index in [1.54, 1.807) is 17.6 Å². The topological polar surface area (TPSA) is 106 Å². The number of cyclic esters (lactones) is 1. The number of benzene rings is 1. The number of aliphatic hydroxyl groups is 1. The Balaban J connectivity index is 0.00000161. The SMILES string of the molecule is CCC1(O)C(=O)OCc2c1cc1n(c2=O)Cc2c-1nc1cc3c(cc1c2CN1CCN(C)CC1)OCCO3.Cl.Cl. The Bertz CT molecular complexity index is 1570. The number of pyridine rings is 2. The van der Waals surface area contributed by atoms with Crippen molar-refractivity contribution in [1.82, 2.24) is 19.4 Å². The van der Waals surface area contributed by atoms with Gasteiger partial charge in [0.05, 0.1) is 29.0 Å². The van der Waals surface area contributed by atoms with Gasteiger partial charge in [0.1, 0.15) is 19.8 Å². The van der Waals surface area contributed by atoms with Gasteiger partial charge in [0, 0.05) is 55.3 Å². The second-order valence-corrected chi connectivity index (χ2v) is 10.6. The summed E-state index contributed by atoms with van der Waals surface area (Å²) in [5.74, 6) is 0.642. The maximum Gasteiger partial charge on any atom is 0.343 e. The number of hydrogen-bond donors (Lipinski definition) is 1. The summed E-state index contributed by atoms with van der Waals surface area (Å²) in [6.07, 6.45) is 0.109. The fraction of sp³-hybridized carbons (Fsp3) is 0.464. The van der Waals surface area contributed by atoms with Crippen LogP contribution >= 0.6 is 24.8 Å². The highest BCUT2D eigenvalue weighted by Gasteiger charge is 2.45. The molecule has 1 unspecified atom stereocenters. The second kappa shape index (κ2) is 10.5. The second-order valence-electron chi connectivity index (χ2n) is 10.6. The summed E-state index contributed by atoms with van der Waals surface area (Å²) in [6, 6.07) is 5.70. The number of ether oxygens (including phenoxy) is 3. The lowest BCUT2D eigenvalue weighted by molar-refractivity contribution is -0.172. The van der Waals surface area contributed by atoms with Crippen molar-refractivity contribution in [2.45, 2.75) is 38.6 Å². The molecule has 2 aromatic heterocycles. The highest BCUT2D eigenvalue weighted by molar-refractivity contribution is 5.91. The van der Waals surface area contributed by atoms with Crippen LogP contribution in [0.4, 0.5) is 0 Å². The largest absolute Gasteiger partial charge is 0.486 e. The molecule has 0 amide bonds. The zero-order valence-electron chi connectivity index (χ0n) is 22.4. The lowest BCUT2D eigenvalue weighted by atomic mass is 9.86.